The summed E-state index contributed by atoms with van der Waals surface area (Å²) in [6, 6.07) is 13.9. The van der Waals surface area contributed by atoms with Crippen LogP contribution in [-0.4, -0.2) is 31.6 Å². The SMILES string of the molecule is CC(=O)O.Cc1c(-c2cccc([N+](=O)[O-])c2)c2ccccc2n1CC(=O)O. The fourth-order valence-corrected chi connectivity index (χ4v) is 2.91. The maximum absolute atomic E-state index is 11.1. The maximum Gasteiger partial charge on any atom is 0.323 e. The summed E-state index contributed by atoms with van der Waals surface area (Å²) in [6.45, 7) is 2.76. The van der Waals surface area contributed by atoms with Gasteiger partial charge in [0.05, 0.1) is 4.92 Å². The number of nitro groups is 1. The first-order chi connectivity index (χ1) is 12.7. The van der Waals surface area contributed by atoms with E-state index in [2.05, 4.69) is 0 Å². The number of aliphatic carboxylic acids is 2. The van der Waals surface area contributed by atoms with Gasteiger partial charge in [0, 0.05) is 41.2 Å². The third kappa shape index (κ3) is 4.49. The molecule has 0 radical (unpaired) electrons. The van der Waals surface area contributed by atoms with Gasteiger partial charge >= 0.3 is 5.97 Å². The van der Waals surface area contributed by atoms with E-state index in [1.54, 1.807) is 16.7 Å². The normalized spacial score (nSPS) is 10.1. The summed E-state index contributed by atoms with van der Waals surface area (Å²) in [5, 5.41) is 28.4. The molecule has 3 rings (SSSR count). The molecule has 0 spiro atoms. The fourth-order valence-electron chi connectivity index (χ4n) is 2.91. The first kappa shape index (κ1) is 19.6. The number of nitro benzene ring substituents is 1. The van der Waals surface area contributed by atoms with Crippen LogP contribution in [0.4, 0.5) is 5.69 Å². The second-order valence-corrected chi connectivity index (χ2v) is 5.78. The molecule has 2 aromatic carbocycles. The van der Waals surface area contributed by atoms with Crippen molar-refractivity contribution in [2.24, 2.45) is 0 Å². The van der Waals surface area contributed by atoms with Crippen molar-refractivity contribution < 1.29 is 24.7 Å². The number of fused-ring (bicyclic) bond motifs is 1. The number of hydrogen-bond donors (Lipinski definition) is 2. The molecule has 0 saturated carbocycles. The van der Waals surface area contributed by atoms with Crippen molar-refractivity contribution in [2.45, 2.75) is 20.4 Å². The predicted octanol–water partition coefficient (Wildman–Crippen LogP) is 3.70. The highest BCUT2D eigenvalue weighted by Gasteiger charge is 2.18. The van der Waals surface area contributed by atoms with Gasteiger partial charge in [-0.1, -0.05) is 30.3 Å². The van der Waals surface area contributed by atoms with Gasteiger partial charge in [0.15, 0.2) is 0 Å². The number of rotatable bonds is 4. The van der Waals surface area contributed by atoms with Crippen molar-refractivity contribution in [3.8, 4) is 11.1 Å². The molecule has 0 amide bonds. The Balaban J connectivity index is 0.000000596. The number of nitrogens with zero attached hydrogens (tertiary/aromatic N) is 2. The Bertz CT molecular complexity index is 1020. The zero-order chi connectivity index (χ0) is 20.1. The second kappa shape index (κ2) is 8.13. The number of benzene rings is 2. The molecule has 1 aromatic heterocycles. The van der Waals surface area contributed by atoms with Gasteiger partial charge in [0.2, 0.25) is 0 Å². The molecular weight excluding hydrogens is 352 g/mol. The van der Waals surface area contributed by atoms with Crippen molar-refractivity contribution in [1.29, 1.82) is 0 Å². The molecule has 27 heavy (non-hydrogen) atoms. The minimum Gasteiger partial charge on any atom is -0.481 e. The van der Waals surface area contributed by atoms with E-state index < -0.39 is 16.9 Å². The van der Waals surface area contributed by atoms with Crippen LogP contribution in [0, 0.1) is 17.0 Å². The predicted molar refractivity (Wildman–Crippen MR) is 99.7 cm³/mol. The third-order valence-corrected chi connectivity index (χ3v) is 3.87. The number of non-ortho nitro benzene ring substituents is 1. The average Bonchev–Trinajstić information content (AvgIpc) is 2.86. The highest BCUT2D eigenvalue weighted by Crippen LogP contribution is 2.35. The van der Waals surface area contributed by atoms with Gasteiger partial charge in [-0.25, -0.2) is 0 Å². The number of aromatic nitrogens is 1. The van der Waals surface area contributed by atoms with E-state index in [0.29, 0.717) is 5.56 Å². The van der Waals surface area contributed by atoms with E-state index in [-0.39, 0.29) is 12.2 Å². The lowest BCUT2D eigenvalue weighted by atomic mass is 10.0. The molecule has 0 bridgehead atoms. The van der Waals surface area contributed by atoms with Crippen molar-refractivity contribution in [2.75, 3.05) is 0 Å². The molecule has 0 fully saturated rings. The maximum atomic E-state index is 11.1. The monoisotopic (exact) mass is 370 g/mol. The second-order valence-electron chi connectivity index (χ2n) is 5.78. The van der Waals surface area contributed by atoms with Gasteiger partial charge in [-0.05, 0) is 18.6 Å². The first-order valence-corrected chi connectivity index (χ1v) is 7.96. The lowest BCUT2D eigenvalue weighted by Crippen LogP contribution is -2.09. The average molecular weight is 370 g/mol. The Labute approximate surface area is 154 Å². The number of hydrogen-bond acceptors (Lipinski definition) is 4. The molecule has 1 heterocycles. The number of carbonyl (C=O) groups is 2. The summed E-state index contributed by atoms with van der Waals surface area (Å²) in [5.41, 5.74) is 3.11. The van der Waals surface area contributed by atoms with Gasteiger partial charge in [-0.2, -0.15) is 0 Å². The first-order valence-electron chi connectivity index (χ1n) is 7.96. The van der Waals surface area contributed by atoms with Gasteiger partial charge in [-0.15, -0.1) is 0 Å². The van der Waals surface area contributed by atoms with E-state index in [0.717, 1.165) is 29.1 Å². The van der Waals surface area contributed by atoms with Gasteiger partial charge in [0.1, 0.15) is 6.54 Å². The third-order valence-electron chi connectivity index (χ3n) is 3.87. The molecule has 140 valence electrons. The van der Waals surface area contributed by atoms with Crippen LogP contribution in [0.2, 0.25) is 0 Å². The van der Waals surface area contributed by atoms with Crippen LogP contribution in [0.3, 0.4) is 0 Å². The molecule has 0 atom stereocenters. The van der Waals surface area contributed by atoms with E-state index in [9.17, 15) is 14.9 Å². The molecule has 8 heteroatoms. The molecule has 2 N–H and O–H groups in total. The summed E-state index contributed by atoms with van der Waals surface area (Å²) in [7, 11) is 0. The van der Waals surface area contributed by atoms with Crippen LogP contribution in [0.1, 0.15) is 12.6 Å². The van der Waals surface area contributed by atoms with Crippen LogP contribution < -0.4 is 0 Å². The Hall–Kier alpha value is -3.68. The van der Waals surface area contributed by atoms with Gasteiger partial charge in [-0.3, -0.25) is 19.7 Å². The molecular formula is C19H18N2O6. The molecule has 8 nitrogen and oxygen atoms in total. The Morgan fingerprint density at radius 3 is 2.33 bits per heavy atom. The van der Waals surface area contributed by atoms with E-state index >= 15 is 0 Å². The molecule has 0 saturated heterocycles. The minimum atomic E-state index is -0.931. The zero-order valence-corrected chi connectivity index (χ0v) is 14.7. The number of para-hydroxylation sites is 1. The summed E-state index contributed by atoms with van der Waals surface area (Å²) in [4.78, 5) is 30.7. The van der Waals surface area contributed by atoms with Crippen molar-refractivity contribution in [1.82, 2.24) is 4.57 Å². The van der Waals surface area contributed by atoms with Crippen LogP contribution >= 0.6 is 0 Å². The summed E-state index contributed by atoms with van der Waals surface area (Å²) < 4.78 is 1.71. The summed E-state index contributed by atoms with van der Waals surface area (Å²) in [5.74, 6) is -1.76. The van der Waals surface area contributed by atoms with E-state index in [1.165, 1.54) is 12.1 Å². The van der Waals surface area contributed by atoms with Gasteiger partial charge < -0.3 is 14.8 Å². The highest BCUT2D eigenvalue weighted by molar-refractivity contribution is 5.98. The van der Waals surface area contributed by atoms with Crippen LogP contribution in [0.25, 0.3) is 22.0 Å². The largest absolute Gasteiger partial charge is 0.481 e. The smallest absolute Gasteiger partial charge is 0.323 e. The standard InChI is InChI=1S/C17H14N2O4.C2H4O2/c1-11-17(12-5-4-6-13(9-12)19(22)23)14-7-2-3-8-15(14)18(11)10-16(20)21;1-2(3)4/h2-9H,10H2,1H3,(H,20,21);1H3,(H,3,4). The summed E-state index contributed by atoms with van der Waals surface area (Å²) >= 11 is 0. The lowest BCUT2D eigenvalue weighted by molar-refractivity contribution is -0.384. The molecule has 0 aliphatic heterocycles. The molecule has 0 aliphatic carbocycles. The molecule has 3 aromatic rings. The van der Waals surface area contributed by atoms with Gasteiger partial charge in [0.25, 0.3) is 11.7 Å². The van der Waals surface area contributed by atoms with E-state index in [1.807, 2.05) is 31.2 Å². The van der Waals surface area contributed by atoms with Crippen molar-refractivity contribution in [3.63, 3.8) is 0 Å². The Morgan fingerprint density at radius 2 is 1.74 bits per heavy atom. The minimum absolute atomic E-state index is 0.0111. The topological polar surface area (TPSA) is 123 Å². The van der Waals surface area contributed by atoms with Crippen molar-refractivity contribution >= 4 is 28.5 Å². The Morgan fingerprint density at radius 1 is 1.11 bits per heavy atom. The summed E-state index contributed by atoms with van der Waals surface area (Å²) in [6.07, 6.45) is 0. The number of carboxylic acids is 2. The van der Waals surface area contributed by atoms with Crippen LogP contribution in [0.15, 0.2) is 48.5 Å². The van der Waals surface area contributed by atoms with Crippen LogP contribution in [0.5, 0.6) is 0 Å². The zero-order valence-electron chi connectivity index (χ0n) is 14.7. The Kier molecular flexibility index (Phi) is 5.92. The molecule has 0 unspecified atom stereocenters. The van der Waals surface area contributed by atoms with E-state index in [4.69, 9.17) is 15.0 Å². The van der Waals surface area contributed by atoms with Crippen LogP contribution in [-0.2, 0) is 16.1 Å². The lowest BCUT2D eigenvalue weighted by Gasteiger charge is -2.05. The quantitative estimate of drug-likeness (QED) is 0.533. The molecule has 0 aliphatic rings. The highest BCUT2D eigenvalue weighted by atomic mass is 16.6. The van der Waals surface area contributed by atoms with Crippen molar-refractivity contribution in [3.05, 3.63) is 64.3 Å². The fraction of sp³-hybridized carbons (Fsp3) is 0.158. The number of carboxylic acid groups (broad SMARTS) is 2.